The molecule has 1 atom stereocenters. The SMILES string of the molecule is CCc1oc(C2CSCCN2)nc1C. The van der Waals surface area contributed by atoms with Crippen molar-refractivity contribution in [2.75, 3.05) is 18.1 Å². The van der Waals surface area contributed by atoms with Crippen molar-refractivity contribution in [3.63, 3.8) is 0 Å². The molecule has 4 heteroatoms. The Balaban J connectivity index is 2.14. The molecule has 1 unspecified atom stereocenters. The maximum Gasteiger partial charge on any atom is 0.212 e. The number of hydrogen-bond donors (Lipinski definition) is 1. The molecular formula is C10H16N2OS. The summed E-state index contributed by atoms with van der Waals surface area (Å²) < 4.78 is 5.72. The molecule has 1 aromatic rings. The van der Waals surface area contributed by atoms with Crippen LogP contribution in [0, 0.1) is 6.92 Å². The van der Waals surface area contributed by atoms with Gasteiger partial charge in [-0.2, -0.15) is 11.8 Å². The molecular weight excluding hydrogens is 196 g/mol. The number of aromatic nitrogens is 1. The quantitative estimate of drug-likeness (QED) is 0.813. The lowest BCUT2D eigenvalue weighted by molar-refractivity contribution is 0.401. The van der Waals surface area contributed by atoms with Gasteiger partial charge in [0.15, 0.2) is 0 Å². The molecule has 1 N–H and O–H groups in total. The van der Waals surface area contributed by atoms with Crippen LogP contribution in [0.4, 0.5) is 0 Å². The molecule has 78 valence electrons. The Kier molecular flexibility index (Phi) is 3.13. The molecule has 0 radical (unpaired) electrons. The van der Waals surface area contributed by atoms with Gasteiger partial charge in [0, 0.05) is 24.5 Å². The topological polar surface area (TPSA) is 38.1 Å². The maximum absolute atomic E-state index is 5.72. The Morgan fingerprint density at radius 2 is 2.50 bits per heavy atom. The molecule has 0 amide bonds. The number of nitrogens with zero attached hydrogens (tertiary/aromatic N) is 1. The zero-order valence-electron chi connectivity index (χ0n) is 8.67. The summed E-state index contributed by atoms with van der Waals surface area (Å²) in [6, 6.07) is 0.313. The van der Waals surface area contributed by atoms with Crippen LogP contribution in [0.5, 0.6) is 0 Å². The monoisotopic (exact) mass is 212 g/mol. The van der Waals surface area contributed by atoms with Crippen LogP contribution in [0.1, 0.15) is 30.3 Å². The average Bonchev–Trinajstić information content (AvgIpc) is 2.61. The highest BCUT2D eigenvalue weighted by atomic mass is 32.2. The van der Waals surface area contributed by atoms with Crippen molar-refractivity contribution in [2.24, 2.45) is 0 Å². The molecule has 0 saturated carbocycles. The number of nitrogens with one attached hydrogen (secondary N) is 1. The van der Waals surface area contributed by atoms with E-state index in [0.717, 1.165) is 36.1 Å². The third kappa shape index (κ3) is 1.96. The molecule has 3 nitrogen and oxygen atoms in total. The molecule has 14 heavy (non-hydrogen) atoms. The van der Waals surface area contributed by atoms with Crippen LogP contribution in [0.2, 0.25) is 0 Å². The normalized spacial score (nSPS) is 22.6. The molecule has 0 aliphatic carbocycles. The van der Waals surface area contributed by atoms with Crippen LogP contribution in [-0.2, 0) is 6.42 Å². The fraction of sp³-hybridized carbons (Fsp3) is 0.700. The van der Waals surface area contributed by atoms with Crippen LogP contribution < -0.4 is 5.32 Å². The van der Waals surface area contributed by atoms with E-state index in [4.69, 9.17) is 4.42 Å². The number of oxazole rings is 1. The number of aryl methyl sites for hydroxylation is 2. The summed E-state index contributed by atoms with van der Waals surface area (Å²) in [7, 11) is 0. The highest BCUT2D eigenvalue weighted by Gasteiger charge is 2.21. The second kappa shape index (κ2) is 4.36. The zero-order valence-corrected chi connectivity index (χ0v) is 9.49. The summed E-state index contributed by atoms with van der Waals surface area (Å²) in [4.78, 5) is 4.46. The van der Waals surface area contributed by atoms with Crippen LogP contribution in [0.25, 0.3) is 0 Å². The summed E-state index contributed by atoms with van der Waals surface area (Å²) in [6.07, 6.45) is 0.929. The molecule has 0 bridgehead atoms. The van der Waals surface area contributed by atoms with Gasteiger partial charge in [-0.3, -0.25) is 0 Å². The lowest BCUT2D eigenvalue weighted by Gasteiger charge is -2.19. The summed E-state index contributed by atoms with van der Waals surface area (Å²) >= 11 is 1.96. The van der Waals surface area contributed by atoms with Crippen LogP contribution in [0.3, 0.4) is 0 Å². The largest absolute Gasteiger partial charge is 0.444 e. The van der Waals surface area contributed by atoms with Gasteiger partial charge in [-0.15, -0.1) is 0 Å². The van der Waals surface area contributed by atoms with Gasteiger partial charge in [0.1, 0.15) is 5.76 Å². The predicted octanol–water partition coefficient (Wildman–Crippen LogP) is 1.92. The highest BCUT2D eigenvalue weighted by Crippen LogP contribution is 2.23. The summed E-state index contributed by atoms with van der Waals surface area (Å²) in [5.41, 5.74) is 1.04. The molecule has 1 aliphatic rings. The Morgan fingerprint density at radius 1 is 1.64 bits per heavy atom. The number of rotatable bonds is 2. The maximum atomic E-state index is 5.72. The van der Waals surface area contributed by atoms with Crippen LogP contribution in [-0.4, -0.2) is 23.0 Å². The van der Waals surface area contributed by atoms with E-state index in [1.165, 1.54) is 5.75 Å². The molecule has 2 heterocycles. The van der Waals surface area contributed by atoms with E-state index in [-0.39, 0.29) is 0 Å². The van der Waals surface area contributed by atoms with Gasteiger partial charge in [0.25, 0.3) is 0 Å². The molecule has 1 aliphatic heterocycles. The first-order chi connectivity index (χ1) is 6.81. The summed E-state index contributed by atoms with van der Waals surface area (Å²) in [5.74, 6) is 4.16. The lowest BCUT2D eigenvalue weighted by atomic mass is 10.3. The zero-order chi connectivity index (χ0) is 9.97. The Hall–Kier alpha value is -0.480. The second-order valence-corrected chi connectivity index (χ2v) is 4.65. The van der Waals surface area contributed by atoms with Crippen molar-refractivity contribution >= 4 is 11.8 Å². The van der Waals surface area contributed by atoms with Crippen molar-refractivity contribution in [3.05, 3.63) is 17.3 Å². The fourth-order valence-electron chi connectivity index (χ4n) is 1.65. The second-order valence-electron chi connectivity index (χ2n) is 3.50. The average molecular weight is 212 g/mol. The third-order valence-electron chi connectivity index (χ3n) is 2.45. The number of hydrogen-bond acceptors (Lipinski definition) is 4. The minimum Gasteiger partial charge on any atom is -0.444 e. The van der Waals surface area contributed by atoms with Crippen molar-refractivity contribution in [1.29, 1.82) is 0 Å². The van der Waals surface area contributed by atoms with Gasteiger partial charge in [-0.25, -0.2) is 4.98 Å². The smallest absolute Gasteiger partial charge is 0.212 e. The third-order valence-corrected chi connectivity index (χ3v) is 3.51. The first-order valence-electron chi connectivity index (χ1n) is 5.08. The first-order valence-corrected chi connectivity index (χ1v) is 6.24. The van der Waals surface area contributed by atoms with Crippen molar-refractivity contribution in [3.8, 4) is 0 Å². The molecule has 1 fully saturated rings. The van der Waals surface area contributed by atoms with E-state index in [0.29, 0.717) is 6.04 Å². The van der Waals surface area contributed by atoms with Crippen LogP contribution >= 0.6 is 11.8 Å². The molecule has 0 spiro atoms. The van der Waals surface area contributed by atoms with E-state index < -0.39 is 0 Å². The van der Waals surface area contributed by atoms with E-state index in [1.807, 2.05) is 18.7 Å². The van der Waals surface area contributed by atoms with E-state index >= 15 is 0 Å². The Bertz CT molecular complexity index is 305. The molecule has 1 saturated heterocycles. The molecule has 2 rings (SSSR count). The fourth-order valence-corrected chi connectivity index (χ4v) is 2.58. The minimum atomic E-state index is 0.313. The van der Waals surface area contributed by atoms with Gasteiger partial charge in [-0.1, -0.05) is 6.92 Å². The molecule has 0 aromatic carbocycles. The van der Waals surface area contributed by atoms with Gasteiger partial charge < -0.3 is 9.73 Å². The van der Waals surface area contributed by atoms with E-state index in [9.17, 15) is 0 Å². The first kappa shape index (κ1) is 10.1. The van der Waals surface area contributed by atoms with E-state index in [2.05, 4.69) is 17.2 Å². The van der Waals surface area contributed by atoms with Gasteiger partial charge >= 0.3 is 0 Å². The highest BCUT2D eigenvalue weighted by molar-refractivity contribution is 7.99. The summed E-state index contributed by atoms with van der Waals surface area (Å²) in [5, 5.41) is 3.42. The van der Waals surface area contributed by atoms with Gasteiger partial charge in [0.2, 0.25) is 5.89 Å². The molecule has 1 aromatic heterocycles. The van der Waals surface area contributed by atoms with Crippen molar-refractivity contribution in [1.82, 2.24) is 10.3 Å². The Labute approximate surface area is 88.7 Å². The standard InChI is InChI=1S/C10H16N2OS/c1-3-9-7(2)12-10(13-9)8-6-14-5-4-11-8/h8,11H,3-6H2,1-2H3. The predicted molar refractivity (Wildman–Crippen MR) is 58.7 cm³/mol. The van der Waals surface area contributed by atoms with Crippen LogP contribution in [0.15, 0.2) is 4.42 Å². The number of thioether (sulfide) groups is 1. The Morgan fingerprint density at radius 3 is 3.07 bits per heavy atom. The van der Waals surface area contributed by atoms with Gasteiger partial charge in [0.05, 0.1) is 11.7 Å². The van der Waals surface area contributed by atoms with Gasteiger partial charge in [-0.05, 0) is 6.92 Å². The van der Waals surface area contributed by atoms with Crippen molar-refractivity contribution < 1.29 is 4.42 Å². The lowest BCUT2D eigenvalue weighted by Crippen LogP contribution is -2.30. The summed E-state index contributed by atoms with van der Waals surface area (Å²) in [6.45, 7) is 5.17. The van der Waals surface area contributed by atoms with E-state index in [1.54, 1.807) is 0 Å². The minimum absolute atomic E-state index is 0.313. The van der Waals surface area contributed by atoms with Crippen molar-refractivity contribution in [2.45, 2.75) is 26.3 Å².